The summed E-state index contributed by atoms with van der Waals surface area (Å²) in [6.07, 6.45) is 8.00. The summed E-state index contributed by atoms with van der Waals surface area (Å²) in [5, 5.41) is 17.4. The van der Waals surface area contributed by atoms with Gasteiger partial charge in [0.2, 0.25) is 0 Å². The molecule has 1 aliphatic heterocycles. The van der Waals surface area contributed by atoms with Crippen molar-refractivity contribution in [1.82, 2.24) is 25.0 Å². The highest BCUT2D eigenvalue weighted by atomic mass is 15.4. The molecule has 1 aromatic carbocycles. The number of fused-ring (bicyclic) bond motifs is 1. The average Bonchev–Trinajstić information content (AvgIpc) is 3.15. The molecule has 0 amide bonds. The molecule has 0 saturated carbocycles. The van der Waals surface area contributed by atoms with E-state index in [9.17, 15) is 5.26 Å². The van der Waals surface area contributed by atoms with Crippen molar-refractivity contribution in [3.05, 3.63) is 42.5 Å². The van der Waals surface area contributed by atoms with Gasteiger partial charge in [-0.3, -0.25) is 9.97 Å². The van der Waals surface area contributed by atoms with Crippen molar-refractivity contribution in [1.29, 1.82) is 5.26 Å². The van der Waals surface area contributed by atoms with Crippen LogP contribution in [0.4, 0.5) is 5.69 Å². The third kappa shape index (κ3) is 2.46. The van der Waals surface area contributed by atoms with Crippen LogP contribution in [-0.4, -0.2) is 38.1 Å². The minimum atomic E-state index is 0.276. The van der Waals surface area contributed by atoms with Crippen molar-refractivity contribution in [3.8, 4) is 6.07 Å². The summed E-state index contributed by atoms with van der Waals surface area (Å²) in [5.41, 5.74) is 3.02. The van der Waals surface area contributed by atoms with Gasteiger partial charge in [0.25, 0.3) is 0 Å². The molecule has 3 aromatic rings. The Morgan fingerprint density at radius 2 is 1.96 bits per heavy atom. The molecule has 0 bridgehead atoms. The van der Waals surface area contributed by atoms with Gasteiger partial charge in [0.05, 0.1) is 23.5 Å². The zero-order valence-corrected chi connectivity index (χ0v) is 13.4. The molecule has 120 valence electrons. The number of piperidine rings is 1. The molecule has 1 aliphatic rings. The van der Waals surface area contributed by atoms with E-state index < -0.39 is 0 Å². The minimum Gasteiger partial charge on any atom is -0.367 e. The van der Waals surface area contributed by atoms with Crippen molar-refractivity contribution in [2.75, 3.05) is 18.0 Å². The summed E-state index contributed by atoms with van der Waals surface area (Å²) in [6.45, 7) is 4.03. The maximum Gasteiger partial charge on any atom is 0.113 e. The third-order valence-electron chi connectivity index (χ3n) is 4.52. The van der Waals surface area contributed by atoms with Crippen molar-refractivity contribution >= 4 is 16.7 Å². The molecule has 3 heterocycles. The average molecular weight is 319 g/mol. The van der Waals surface area contributed by atoms with Gasteiger partial charge >= 0.3 is 0 Å². The molecule has 2 atom stereocenters. The second kappa shape index (κ2) is 5.89. The van der Waals surface area contributed by atoms with Crippen LogP contribution in [0.1, 0.15) is 24.9 Å². The fourth-order valence-corrected chi connectivity index (χ4v) is 3.51. The summed E-state index contributed by atoms with van der Waals surface area (Å²) in [5.74, 6) is 0.523. The zero-order valence-electron chi connectivity index (χ0n) is 13.4. The van der Waals surface area contributed by atoms with E-state index in [-0.39, 0.29) is 6.04 Å². The van der Waals surface area contributed by atoms with E-state index in [0.29, 0.717) is 17.0 Å². The van der Waals surface area contributed by atoms with Gasteiger partial charge in [-0.25, -0.2) is 4.68 Å². The van der Waals surface area contributed by atoms with Crippen LogP contribution < -0.4 is 4.90 Å². The highest BCUT2D eigenvalue weighted by Gasteiger charge is 2.28. The number of aromatic nitrogens is 5. The van der Waals surface area contributed by atoms with Crippen molar-refractivity contribution in [2.45, 2.75) is 19.4 Å². The van der Waals surface area contributed by atoms with Crippen LogP contribution in [0.25, 0.3) is 11.0 Å². The van der Waals surface area contributed by atoms with Gasteiger partial charge in [-0.2, -0.15) is 5.26 Å². The Kier molecular flexibility index (Phi) is 3.58. The molecule has 0 unspecified atom stereocenters. The molecule has 1 fully saturated rings. The summed E-state index contributed by atoms with van der Waals surface area (Å²) >= 11 is 0. The molecule has 2 aromatic heterocycles. The van der Waals surface area contributed by atoms with Crippen LogP contribution in [0.3, 0.4) is 0 Å². The second-order valence-corrected chi connectivity index (χ2v) is 6.28. The van der Waals surface area contributed by atoms with E-state index in [1.165, 1.54) is 0 Å². The van der Waals surface area contributed by atoms with Gasteiger partial charge in [-0.1, -0.05) is 12.1 Å². The van der Waals surface area contributed by atoms with Gasteiger partial charge in [-0.05, 0) is 24.5 Å². The number of nitrogens with zero attached hydrogens (tertiary/aromatic N) is 7. The fourth-order valence-electron chi connectivity index (χ4n) is 3.51. The lowest BCUT2D eigenvalue weighted by atomic mass is 9.95. The van der Waals surface area contributed by atoms with E-state index in [2.05, 4.69) is 38.2 Å². The standard InChI is InChI=1S/C17H17N7/c1-12-8-14(24-7-6-21-22-24)11-23(10-12)15-3-2-13(9-18)16-17(15)20-5-4-19-16/h2-7,12,14H,8,10-11H2,1H3/t12-,14+/m0/s1. The molecule has 0 aliphatic carbocycles. The Balaban J connectivity index is 1.75. The maximum atomic E-state index is 9.30. The lowest BCUT2D eigenvalue weighted by Crippen LogP contribution is -2.41. The van der Waals surface area contributed by atoms with E-state index >= 15 is 0 Å². The van der Waals surface area contributed by atoms with Crippen LogP contribution in [-0.2, 0) is 0 Å². The van der Waals surface area contributed by atoms with Gasteiger partial charge in [0, 0.05) is 31.7 Å². The number of anilines is 1. The highest BCUT2D eigenvalue weighted by molar-refractivity contribution is 5.91. The first kappa shape index (κ1) is 14.6. The Hall–Kier alpha value is -3.01. The predicted molar refractivity (Wildman–Crippen MR) is 89.3 cm³/mol. The second-order valence-electron chi connectivity index (χ2n) is 6.28. The molecule has 4 rings (SSSR count). The van der Waals surface area contributed by atoms with Crippen LogP contribution in [0.2, 0.25) is 0 Å². The molecule has 24 heavy (non-hydrogen) atoms. The van der Waals surface area contributed by atoms with E-state index in [4.69, 9.17) is 0 Å². The largest absolute Gasteiger partial charge is 0.367 e. The normalized spacial score (nSPS) is 20.9. The number of benzene rings is 1. The summed E-state index contributed by atoms with van der Waals surface area (Å²) in [6, 6.07) is 6.28. The number of rotatable bonds is 2. The van der Waals surface area contributed by atoms with Gasteiger partial charge in [0.15, 0.2) is 0 Å². The molecule has 0 spiro atoms. The third-order valence-corrected chi connectivity index (χ3v) is 4.52. The van der Waals surface area contributed by atoms with E-state index in [0.717, 1.165) is 30.7 Å². The smallest absolute Gasteiger partial charge is 0.113 e. The summed E-state index contributed by atoms with van der Waals surface area (Å²) < 4.78 is 1.93. The van der Waals surface area contributed by atoms with Gasteiger partial charge in [-0.15, -0.1) is 5.10 Å². The topological polar surface area (TPSA) is 83.5 Å². The lowest BCUT2D eigenvalue weighted by Gasteiger charge is -2.38. The zero-order chi connectivity index (χ0) is 16.5. The monoisotopic (exact) mass is 319 g/mol. The van der Waals surface area contributed by atoms with Gasteiger partial charge in [0.1, 0.15) is 17.1 Å². The fraction of sp³-hybridized carbons (Fsp3) is 0.353. The van der Waals surface area contributed by atoms with Crippen molar-refractivity contribution < 1.29 is 0 Å². The van der Waals surface area contributed by atoms with Crippen LogP contribution >= 0.6 is 0 Å². The van der Waals surface area contributed by atoms with Gasteiger partial charge < -0.3 is 4.90 Å². The molecule has 7 nitrogen and oxygen atoms in total. The first-order chi connectivity index (χ1) is 11.8. The number of hydrogen-bond donors (Lipinski definition) is 0. The van der Waals surface area contributed by atoms with Crippen molar-refractivity contribution in [3.63, 3.8) is 0 Å². The quantitative estimate of drug-likeness (QED) is 0.720. The molecule has 0 radical (unpaired) electrons. The van der Waals surface area contributed by atoms with Crippen LogP contribution in [0, 0.1) is 17.2 Å². The molecular weight excluding hydrogens is 302 g/mol. The Bertz CT molecular complexity index is 897. The predicted octanol–water partition coefficient (Wildman–Crippen LogP) is 2.18. The number of hydrogen-bond acceptors (Lipinski definition) is 6. The van der Waals surface area contributed by atoms with E-state index in [1.54, 1.807) is 18.6 Å². The highest BCUT2D eigenvalue weighted by Crippen LogP contribution is 2.32. The van der Waals surface area contributed by atoms with Crippen LogP contribution in [0.15, 0.2) is 36.9 Å². The SMILES string of the molecule is C[C@H]1C[C@@H](n2ccnn2)CN(c2ccc(C#N)c3nccnc23)C1. The number of nitriles is 1. The van der Waals surface area contributed by atoms with E-state index in [1.807, 2.05) is 23.0 Å². The first-order valence-electron chi connectivity index (χ1n) is 8.01. The Morgan fingerprint density at radius 1 is 1.12 bits per heavy atom. The molecule has 1 saturated heterocycles. The molecule has 0 N–H and O–H groups in total. The van der Waals surface area contributed by atoms with Crippen molar-refractivity contribution in [2.24, 2.45) is 5.92 Å². The molecular formula is C17H17N7. The Morgan fingerprint density at radius 3 is 2.71 bits per heavy atom. The van der Waals surface area contributed by atoms with Crippen LogP contribution in [0.5, 0.6) is 0 Å². The summed E-state index contributed by atoms with van der Waals surface area (Å²) in [4.78, 5) is 11.2. The maximum absolute atomic E-state index is 9.30. The lowest BCUT2D eigenvalue weighted by molar-refractivity contribution is 0.309. The first-order valence-corrected chi connectivity index (χ1v) is 8.01. The Labute approximate surface area is 139 Å². The minimum absolute atomic E-state index is 0.276. The summed E-state index contributed by atoms with van der Waals surface area (Å²) in [7, 11) is 0. The molecule has 7 heteroatoms.